The van der Waals surface area contributed by atoms with Crippen LogP contribution >= 0.6 is 0 Å². The summed E-state index contributed by atoms with van der Waals surface area (Å²) in [4.78, 5) is 39.0. The lowest BCUT2D eigenvalue weighted by Crippen LogP contribution is -2.51. The maximum Gasteiger partial charge on any atom is 0.243 e. The van der Waals surface area contributed by atoms with Crippen LogP contribution in [0.3, 0.4) is 0 Å². The molecule has 3 rings (SSSR count). The standard InChI is InChI=1S/C21H30N4O3/c1-14(22-2)20(27)23-13-19(26)25-12-6-11-18(25)21(28)24-17-10-5-8-15-7-3-4-9-16(15)17/h3-4,7,9,14,17-18,22H,5-6,8,10-13H2,1-2H3,(H,23,27)(H,24,28)/t14-,17?,18?/m0/s1. The fourth-order valence-electron chi connectivity index (χ4n) is 4.06. The zero-order valence-corrected chi connectivity index (χ0v) is 16.7. The van der Waals surface area contributed by atoms with Gasteiger partial charge in [0, 0.05) is 6.54 Å². The van der Waals surface area contributed by atoms with Crippen LogP contribution < -0.4 is 16.0 Å². The van der Waals surface area contributed by atoms with Crippen LogP contribution in [0.1, 0.15) is 49.8 Å². The topological polar surface area (TPSA) is 90.5 Å². The summed E-state index contributed by atoms with van der Waals surface area (Å²) in [5, 5.41) is 8.64. The number of carbonyl (C=O) groups is 3. The number of likely N-dealkylation sites (tertiary alicyclic amines) is 1. The first-order chi connectivity index (χ1) is 13.5. The minimum Gasteiger partial charge on any atom is -0.347 e. The second kappa shape index (κ2) is 9.19. The molecule has 2 aliphatic rings. The summed E-state index contributed by atoms with van der Waals surface area (Å²) >= 11 is 0. The molecule has 7 heteroatoms. The van der Waals surface area contributed by atoms with Gasteiger partial charge in [-0.2, -0.15) is 0 Å². The van der Waals surface area contributed by atoms with Crippen LogP contribution in [0.2, 0.25) is 0 Å². The maximum atomic E-state index is 12.9. The molecule has 0 bridgehead atoms. The minimum absolute atomic E-state index is 0.00572. The highest BCUT2D eigenvalue weighted by molar-refractivity contribution is 5.91. The van der Waals surface area contributed by atoms with E-state index >= 15 is 0 Å². The van der Waals surface area contributed by atoms with Gasteiger partial charge in [-0.15, -0.1) is 0 Å². The van der Waals surface area contributed by atoms with Crippen molar-refractivity contribution < 1.29 is 14.4 Å². The normalized spacial score (nSPS) is 22.3. The summed E-state index contributed by atoms with van der Waals surface area (Å²) in [5.74, 6) is -0.532. The van der Waals surface area contributed by atoms with E-state index in [1.54, 1.807) is 18.9 Å². The highest BCUT2D eigenvalue weighted by atomic mass is 16.2. The number of fused-ring (bicyclic) bond motifs is 1. The summed E-state index contributed by atoms with van der Waals surface area (Å²) in [6.07, 6.45) is 4.46. The fraction of sp³-hybridized carbons (Fsp3) is 0.571. The van der Waals surface area contributed by atoms with E-state index in [0.29, 0.717) is 13.0 Å². The molecule has 152 valence electrons. The lowest BCUT2D eigenvalue weighted by Gasteiger charge is -2.30. The first kappa shape index (κ1) is 20.3. The van der Waals surface area contributed by atoms with E-state index in [-0.39, 0.29) is 36.3 Å². The number of aryl methyl sites for hydroxylation is 1. The van der Waals surface area contributed by atoms with Crippen LogP contribution in [0.4, 0.5) is 0 Å². The molecule has 1 saturated heterocycles. The molecule has 7 nitrogen and oxygen atoms in total. The molecular weight excluding hydrogens is 356 g/mol. The molecule has 1 heterocycles. The lowest BCUT2D eigenvalue weighted by atomic mass is 9.87. The van der Waals surface area contributed by atoms with Crippen LogP contribution in [-0.2, 0) is 20.8 Å². The van der Waals surface area contributed by atoms with Crippen molar-refractivity contribution >= 4 is 17.7 Å². The van der Waals surface area contributed by atoms with Gasteiger partial charge in [-0.1, -0.05) is 24.3 Å². The molecule has 3 amide bonds. The minimum atomic E-state index is -0.458. The van der Waals surface area contributed by atoms with Crippen LogP contribution in [-0.4, -0.2) is 54.8 Å². The predicted molar refractivity (Wildman–Crippen MR) is 107 cm³/mol. The number of hydrogen-bond donors (Lipinski definition) is 3. The number of hydrogen-bond acceptors (Lipinski definition) is 4. The Labute approximate surface area is 166 Å². The van der Waals surface area contributed by atoms with E-state index < -0.39 is 6.04 Å². The molecule has 1 aliphatic heterocycles. The Bertz CT molecular complexity index is 736. The fourth-order valence-corrected chi connectivity index (χ4v) is 4.06. The van der Waals surface area contributed by atoms with Gasteiger partial charge < -0.3 is 20.9 Å². The van der Waals surface area contributed by atoms with E-state index in [0.717, 1.165) is 25.7 Å². The molecule has 0 radical (unpaired) electrons. The Balaban J connectivity index is 1.59. The van der Waals surface area contributed by atoms with Crippen LogP contribution in [0, 0.1) is 0 Å². The zero-order chi connectivity index (χ0) is 20.1. The molecule has 0 saturated carbocycles. The van der Waals surface area contributed by atoms with Crippen molar-refractivity contribution in [3.63, 3.8) is 0 Å². The van der Waals surface area contributed by atoms with Gasteiger partial charge in [-0.25, -0.2) is 0 Å². The van der Waals surface area contributed by atoms with E-state index in [4.69, 9.17) is 0 Å². The van der Waals surface area contributed by atoms with Crippen molar-refractivity contribution in [1.29, 1.82) is 0 Å². The number of benzene rings is 1. The molecule has 3 N–H and O–H groups in total. The summed E-state index contributed by atoms with van der Waals surface area (Å²) in [5.41, 5.74) is 2.48. The number of amides is 3. The maximum absolute atomic E-state index is 12.9. The van der Waals surface area contributed by atoms with Gasteiger partial charge in [0.1, 0.15) is 6.04 Å². The average Bonchev–Trinajstić information content (AvgIpc) is 3.21. The van der Waals surface area contributed by atoms with Crippen LogP contribution in [0.5, 0.6) is 0 Å². The van der Waals surface area contributed by atoms with Gasteiger partial charge >= 0.3 is 0 Å². The summed E-state index contributed by atoms with van der Waals surface area (Å²) in [6.45, 7) is 2.20. The van der Waals surface area contributed by atoms with Crippen LogP contribution in [0.25, 0.3) is 0 Å². The van der Waals surface area contributed by atoms with Crippen molar-refractivity contribution in [2.75, 3.05) is 20.1 Å². The first-order valence-corrected chi connectivity index (χ1v) is 10.1. The molecule has 1 aromatic rings. The van der Waals surface area contributed by atoms with Gasteiger partial charge in [-0.05, 0) is 57.2 Å². The SMILES string of the molecule is CN[C@@H](C)C(=O)NCC(=O)N1CCCC1C(=O)NC1CCCc2ccccc21. The second-order valence-corrected chi connectivity index (χ2v) is 7.63. The third kappa shape index (κ3) is 4.52. The van der Waals surface area contributed by atoms with E-state index in [9.17, 15) is 14.4 Å². The Hall–Kier alpha value is -2.41. The van der Waals surface area contributed by atoms with E-state index in [1.165, 1.54) is 11.1 Å². The molecule has 1 aliphatic carbocycles. The molecule has 0 aromatic heterocycles. The Kier molecular flexibility index (Phi) is 6.67. The molecule has 2 unspecified atom stereocenters. The molecular formula is C21H30N4O3. The first-order valence-electron chi connectivity index (χ1n) is 10.1. The number of nitrogens with zero attached hydrogens (tertiary/aromatic N) is 1. The van der Waals surface area contributed by atoms with Gasteiger partial charge in [0.25, 0.3) is 0 Å². The largest absolute Gasteiger partial charge is 0.347 e. The van der Waals surface area contributed by atoms with Gasteiger partial charge in [0.15, 0.2) is 0 Å². The second-order valence-electron chi connectivity index (χ2n) is 7.63. The Morgan fingerprint density at radius 2 is 1.96 bits per heavy atom. The third-order valence-electron chi connectivity index (χ3n) is 5.80. The highest BCUT2D eigenvalue weighted by Crippen LogP contribution is 2.30. The van der Waals surface area contributed by atoms with E-state index in [2.05, 4.69) is 28.1 Å². The van der Waals surface area contributed by atoms with Crippen molar-refractivity contribution in [3.8, 4) is 0 Å². The molecule has 1 aromatic carbocycles. The molecule has 1 fully saturated rings. The lowest BCUT2D eigenvalue weighted by molar-refractivity contribution is -0.139. The number of likely N-dealkylation sites (N-methyl/N-ethyl adjacent to an activating group) is 1. The summed E-state index contributed by atoms with van der Waals surface area (Å²) in [7, 11) is 1.69. The average molecular weight is 386 g/mol. The van der Waals surface area contributed by atoms with Crippen molar-refractivity contribution in [2.24, 2.45) is 0 Å². The monoisotopic (exact) mass is 386 g/mol. The third-order valence-corrected chi connectivity index (χ3v) is 5.80. The summed E-state index contributed by atoms with van der Waals surface area (Å²) in [6, 6.07) is 7.42. The number of rotatable bonds is 6. The van der Waals surface area contributed by atoms with Crippen molar-refractivity contribution in [1.82, 2.24) is 20.9 Å². The molecule has 0 spiro atoms. The highest BCUT2D eigenvalue weighted by Gasteiger charge is 2.35. The van der Waals surface area contributed by atoms with Gasteiger partial charge in [0.05, 0.1) is 18.6 Å². The predicted octanol–water partition coefficient (Wildman–Crippen LogP) is 0.895. The quantitative estimate of drug-likeness (QED) is 0.677. The van der Waals surface area contributed by atoms with Gasteiger partial charge in [-0.3, -0.25) is 14.4 Å². The number of carbonyl (C=O) groups excluding carboxylic acids is 3. The van der Waals surface area contributed by atoms with Crippen molar-refractivity contribution in [3.05, 3.63) is 35.4 Å². The number of nitrogens with one attached hydrogen (secondary N) is 3. The summed E-state index contributed by atoms with van der Waals surface area (Å²) < 4.78 is 0. The van der Waals surface area contributed by atoms with E-state index in [1.807, 2.05) is 12.1 Å². The van der Waals surface area contributed by atoms with Gasteiger partial charge in [0.2, 0.25) is 17.7 Å². The molecule has 3 atom stereocenters. The molecule has 28 heavy (non-hydrogen) atoms. The Morgan fingerprint density at radius 3 is 2.75 bits per heavy atom. The van der Waals surface area contributed by atoms with Crippen LogP contribution in [0.15, 0.2) is 24.3 Å². The Morgan fingerprint density at radius 1 is 1.18 bits per heavy atom. The van der Waals surface area contributed by atoms with Crippen molar-refractivity contribution in [2.45, 2.75) is 57.2 Å². The zero-order valence-electron chi connectivity index (χ0n) is 16.7. The smallest absolute Gasteiger partial charge is 0.243 e.